The Bertz CT molecular complexity index is 1030. The number of rotatable bonds is 5. The lowest BCUT2D eigenvalue weighted by Gasteiger charge is -2.36. The Balaban J connectivity index is 1.68. The summed E-state index contributed by atoms with van der Waals surface area (Å²) in [7, 11) is -2.37. The van der Waals surface area contributed by atoms with Crippen LogP contribution in [0.2, 0.25) is 0 Å². The van der Waals surface area contributed by atoms with Crippen LogP contribution < -0.4 is 10.1 Å². The zero-order valence-electron chi connectivity index (χ0n) is 18.4. The van der Waals surface area contributed by atoms with E-state index >= 15 is 0 Å². The number of methoxy groups -OCH3 is 1. The predicted molar refractivity (Wildman–Crippen MR) is 120 cm³/mol. The van der Waals surface area contributed by atoms with E-state index in [-0.39, 0.29) is 42.0 Å². The molecule has 0 spiro atoms. The van der Waals surface area contributed by atoms with Gasteiger partial charge in [0.2, 0.25) is 10.0 Å². The quantitative estimate of drug-likeness (QED) is 0.736. The van der Waals surface area contributed by atoms with Gasteiger partial charge in [-0.15, -0.1) is 0 Å². The Hall–Kier alpha value is -2.42. The van der Waals surface area contributed by atoms with E-state index in [4.69, 9.17) is 4.74 Å². The summed E-state index contributed by atoms with van der Waals surface area (Å²) < 4.78 is 32.5. The van der Waals surface area contributed by atoms with Crippen molar-refractivity contribution in [2.24, 2.45) is 0 Å². The molecular weight excluding hydrogens is 416 g/mol. The maximum absolute atomic E-state index is 13.0. The number of para-hydroxylation sites is 1. The van der Waals surface area contributed by atoms with Crippen molar-refractivity contribution < 1.29 is 23.1 Å². The molecule has 1 saturated heterocycles. The van der Waals surface area contributed by atoms with Crippen LogP contribution in [-0.4, -0.2) is 49.5 Å². The van der Waals surface area contributed by atoms with E-state index in [1.807, 2.05) is 24.3 Å². The van der Waals surface area contributed by atoms with Crippen LogP contribution in [0.4, 0.5) is 5.69 Å². The highest BCUT2D eigenvalue weighted by atomic mass is 32.2. The number of carbonyl (C=O) groups excluding carboxylic acids is 1. The van der Waals surface area contributed by atoms with E-state index in [1.54, 1.807) is 18.2 Å². The summed E-state index contributed by atoms with van der Waals surface area (Å²) >= 11 is 0. The summed E-state index contributed by atoms with van der Waals surface area (Å²) in [4.78, 5) is 12.8. The highest BCUT2D eigenvalue weighted by Gasteiger charge is 2.42. The molecule has 168 valence electrons. The van der Waals surface area contributed by atoms with Gasteiger partial charge in [-0.2, -0.15) is 4.31 Å². The van der Waals surface area contributed by atoms with Gasteiger partial charge in [0.15, 0.2) is 0 Å². The first kappa shape index (κ1) is 23.2. The van der Waals surface area contributed by atoms with Gasteiger partial charge in [0.1, 0.15) is 16.2 Å². The first-order valence-electron chi connectivity index (χ1n) is 10.2. The van der Waals surface area contributed by atoms with Gasteiger partial charge in [-0.3, -0.25) is 4.79 Å². The molecule has 1 amide bonds. The Morgan fingerprint density at radius 2 is 1.65 bits per heavy atom. The standard InChI is InChI=1S/C23H30N2O5S/c1-22(2,3)17-9-11-18(12-10-17)24-21(26)23(27)13-15-25(16-14-23)31(28,29)20-8-6-5-7-19(20)30-4/h5-12,27H,13-16H2,1-4H3,(H,24,26). The maximum Gasteiger partial charge on any atom is 0.256 e. The second-order valence-corrected chi connectivity index (χ2v) is 10.8. The number of sulfonamides is 1. The Morgan fingerprint density at radius 1 is 1.06 bits per heavy atom. The molecule has 31 heavy (non-hydrogen) atoms. The summed E-state index contributed by atoms with van der Waals surface area (Å²) in [6.45, 7) is 6.39. The van der Waals surface area contributed by atoms with Crippen LogP contribution in [0.25, 0.3) is 0 Å². The van der Waals surface area contributed by atoms with Crippen molar-refractivity contribution in [1.29, 1.82) is 0 Å². The molecule has 3 rings (SSSR count). The third-order valence-corrected chi connectivity index (χ3v) is 7.61. The maximum atomic E-state index is 13.0. The zero-order chi connectivity index (χ0) is 22.9. The molecular formula is C23H30N2O5S. The van der Waals surface area contributed by atoms with E-state index in [0.717, 1.165) is 5.56 Å². The third-order valence-electron chi connectivity index (χ3n) is 5.67. The molecule has 1 aliphatic heterocycles. The number of amides is 1. The van der Waals surface area contributed by atoms with Crippen molar-refractivity contribution in [3.63, 3.8) is 0 Å². The summed E-state index contributed by atoms with van der Waals surface area (Å²) in [5.41, 5.74) is 0.102. The number of piperidine rings is 1. The molecule has 2 aromatic rings. The molecule has 0 bridgehead atoms. The van der Waals surface area contributed by atoms with Crippen molar-refractivity contribution in [1.82, 2.24) is 4.31 Å². The zero-order valence-corrected chi connectivity index (χ0v) is 19.2. The van der Waals surface area contributed by atoms with E-state index in [9.17, 15) is 18.3 Å². The van der Waals surface area contributed by atoms with Crippen LogP contribution >= 0.6 is 0 Å². The van der Waals surface area contributed by atoms with Crippen LogP contribution in [0.1, 0.15) is 39.2 Å². The average Bonchev–Trinajstić information content (AvgIpc) is 2.73. The predicted octanol–water partition coefficient (Wildman–Crippen LogP) is 3.15. The van der Waals surface area contributed by atoms with Crippen molar-refractivity contribution in [3.05, 3.63) is 54.1 Å². The number of nitrogens with zero attached hydrogens (tertiary/aromatic N) is 1. The van der Waals surface area contributed by atoms with Crippen LogP contribution in [0, 0.1) is 0 Å². The SMILES string of the molecule is COc1ccccc1S(=O)(=O)N1CCC(O)(C(=O)Nc2ccc(C(C)(C)C)cc2)CC1. The van der Waals surface area contributed by atoms with Gasteiger partial charge in [-0.05, 0) is 48.1 Å². The van der Waals surface area contributed by atoms with Crippen LogP contribution in [-0.2, 0) is 20.2 Å². The number of carbonyl (C=O) groups is 1. The fraction of sp³-hybridized carbons (Fsp3) is 0.435. The lowest BCUT2D eigenvalue weighted by Crippen LogP contribution is -2.52. The number of hydrogen-bond donors (Lipinski definition) is 2. The minimum atomic E-state index is -3.79. The van der Waals surface area contributed by atoms with Crippen molar-refractivity contribution in [3.8, 4) is 5.75 Å². The van der Waals surface area contributed by atoms with Crippen molar-refractivity contribution >= 4 is 21.6 Å². The van der Waals surface area contributed by atoms with Gasteiger partial charge < -0.3 is 15.2 Å². The number of anilines is 1. The normalized spacial score (nSPS) is 17.2. The number of benzene rings is 2. The van der Waals surface area contributed by atoms with Crippen LogP contribution in [0.5, 0.6) is 5.75 Å². The fourth-order valence-corrected chi connectivity index (χ4v) is 5.19. The first-order valence-corrected chi connectivity index (χ1v) is 11.7. The molecule has 2 N–H and O–H groups in total. The van der Waals surface area contributed by atoms with Gasteiger partial charge >= 0.3 is 0 Å². The van der Waals surface area contributed by atoms with Gasteiger partial charge in [0, 0.05) is 18.8 Å². The molecule has 0 aromatic heterocycles. The summed E-state index contributed by atoms with van der Waals surface area (Å²) in [5.74, 6) is -0.259. The molecule has 1 aliphatic rings. The van der Waals surface area contributed by atoms with E-state index in [2.05, 4.69) is 26.1 Å². The molecule has 8 heteroatoms. The van der Waals surface area contributed by atoms with Gasteiger partial charge in [0.05, 0.1) is 7.11 Å². The molecule has 0 saturated carbocycles. The molecule has 7 nitrogen and oxygen atoms in total. The first-order chi connectivity index (χ1) is 14.5. The van der Waals surface area contributed by atoms with E-state index in [1.165, 1.54) is 17.5 Å². The molecule has 0 atom stereocenters. The second-order valence-electron chi connectivity index (χ2n) is 8.87. The van der Waals surface area contributed by atoms with E-state index in [0.29, 0.717) is 5.69 Å². The minimum absolute atomic E-state index is 0.000491. The molecule has 0 radical (unpaired) electrons. The lowest BCUT2D eigenvalue weighted by atomic mass is 9.87. The number of nitrogens with one attached hydrogen (secondary N) is 1. The molecule has 1 fully saturated rings. The highest BCUT2D eigenvalue weighted by Crippen LogP contribution is 2.32. The number of hydrogen-bond acceptors (Lipinski definition) is 5. The van der Waals surface area contributed by atoms with Crippen molar-refractivity contribution in [2.45, 2.75) is 49.5 Å². The second kappa shape index (κ2) is 8.61. The summed E-state index contributed by atoms with van der Waals surface area (Å²) in [5, 5.41) is 13.6. The highest BCUT2D eigenvalue weighted by molar-refractivity contribution is 7.89. The smallest absolute Gasteiger partial charge is 0.256 e. The van der Waals surface area contributed by atoms with Gasteiger partial charge in [-0.1, -0.05) is 45.0 Å². The molecule has 0 aliphatic carbocycles. The van der Waals surface area contributed by atoms with Crippen LogP contribution in [0.15, 0.2) is 53.4 Å². The number of aliphatic hydroxyl groups is 1. The Labute approximate surface area is 184 Å². The van der Waals surface area contributed by atoms with E-state index < -0.39 is 21.5 Å². The Morgan fingerprint density at radius 3 is 2.19 bits per heavy atom. The average molecular weight is 447 g/mol. The fourth-order valence-electron chi connectivity index (χ4n) is 3.60. The number of ether oxygens (including phenoxy) is 1. The van der Waals surface area contributed by atoms with Gasteiger partial charge in [-0.25, -0.2) is 8.42 Å². The summed E-state index contributed by atoms with van der Waals surface area (Å²) in [6.07, 6.45) is 0.0145. The molecule has 1 heterocycles. The largest absolute Gasteiger partial charge is 0.495 e. The molecule has 0 unspecified atom stereocenters. The summed E-state index contributed by atoms with van der Waals surface area (Å²) in [6, 6.07) is 13.9. The van der Waals surface area contributed by atoms with Crippen LogP contribution in [0.3, 0.4) is 0 Å². The van der Waals surface area contributed by atoms with Crippen molar-refractivity contribution in [2.75, 3.05) is 25.5 Å². The topological polar surface area (TPSA) is 95.9 Å². The lowest BCUT2D eigenvalue weighted by molar-refractivity contribution is -0.137. The van der Waals surface area contributed by atoms with Gasteiger partial charge in [0.25, 0.3) is 5.91 Å². The third kappa shape index (κ3) is 4.92. The monoisotopic (exact) mass is 446 g/mol. The Kier molecular flexibility index (Phi) is 6.45. The molecule has 2 aromatic carbocycles. The minimum Gasteiger partial charge on any atom is -0.495 e.